The van der Waals surface area contributed by atoms with Crippen LogP contribution in [0.1, 0.15) is 69.7 Å². The van der Waals surface area contributed by atoms with E-state index in [0.29, 0.717) is 12.0 Å². The van der Waals surface area contributed by atoms with Gasteiger partial charge in [-0.15, -0.1) is 0 Å². The van der Waals surface area contributed by atoms with E-state index in [4.69, 9.17) is 0 Å². The third-order valence-electron chi connectivity index (χ3n) is 7.64. The molecule has 0 saturated heterocycles. The van der Waals surface area contributed by atoms with Gasteiger partial charge in [0.15, 0.2) is 14.6 Å². The summed E-state index contributed by atoms with van der Waals surface area (Å²) in [6.45, 7) is 7.58. The van der Waals surface area contributed by atoms with Crippen LogP contribution in [0.15, 0.2) is 91.0 Å². The van der Waals surface area contributed by atoms with Crippen molar-refractivity contribution in [3.8, 4) is 6.07 Å². The zero-order chi connectivity index (χ0) is 29.2. The number of carbonyl (C=O) groups is 1. The number of nitriles is 1. The Labute approximate surface area is 239 Å². The number of hydrogen-bond acceptors (Lipinski definition) is 5. The molecule has 0 aliphatic rings. The molecule has 3 rings (SSSR count). The molecule has 40 heavy (non-hydrogen) atoms. The number of hydrogen-bond donors (Lipinski definition) is 2. The molecule has 0 aliphatic carbocycles. The minimum atomic E-state index is -3.80. The molecule has 0 radical (unpaired) electrons. The summed E-state index contributed by atoms with van der Waals surface area (Å²) < 4.78 is 25.2. The fourth-order valence-electron chi connectivity index (χ4n) is 4.99. The Morgan fingerprint density at radius 3 is 1.82 bits per heavy atom. The Balaban J connectivity index is 1.78. The van der Waals surface area contributed by atoms with Gasteiger partial charge in [-0.2, -0.15) is 5.26 Å². The fraction of sp³-hybridized carbons (Fsp3) is 0.394. The minimum absolute atomic E-state index is 0.0544. The Kier molecular flexibility index (Phi) is 11.1. The van der Waals surface area contributed by atoms with E-state index in [1.165, 1.54) is 0 Å². The Morgan fingerprint density at radius 2 is 1.38 bits per heavy atom. The molecule has 6 nitrogen and oxygen atoms in total. The topological polar surface area (TPSA) is 99.1 Å². The Bertz CT molecular complexity index is 1320. The van der Waals surface area contributed by atoms with Crippen molar-refractivity contribution in [2.75, 3.05) is 6.54 Å². The van der Waals surface area contributed by atoms with Gasteiger partial charge in [-0.05, 0) is 49.3 Å². The molecule has 0 aromatic heterocycles. The number of rotatable bonds is 14. The maximum Gasteiger partial charge on any atom is 0.237 e. The molecule has 3 aromatic carbocycles. The van der Waals surface area contributed by atoms with Crippen LogP contribution in [0.3, 0.4) is 0 Å². The molecule has 7 heteroatoms. The van der Waals surface area contributed by atoms with Crippen LogP contribution in [-0.2, 0) is 19.4 Å². The van der Waals surface area contributed by atoms with Gasteiger partial charge in [-0.3, -0.25) is 10.1 Å². The van der Waals surface area contributed by atoms with Crippen LogP contribution in [-0.4, -0.2) is 32.2 Å². The molecule has 0 fully saturated rings. The lowest BCUT2D eigenvalue weighted by atomic mass is 9.92. The molecule has 0 unspecified atom stereocenters. The van der Waals surface area contributed by atoms with Gasteiger partial charge in [0.1, 0.15) is 0 Å². The highest BCUT2D eigenvalue weighted by Crippen LogP contribution is 2.37. The minimum Gasteiger partial charge on any atom is -0.355 e. The fourth-order valence-corrected chi connectivity index (χ4v) is 6.82. The molecule has 212 valence electrons. The second-order valence-corrected chi connectivity index (χ2v) is 13.3. The van der Waals surface area contributed by atoms with Gasteiger partial charge < -0.3 is 5.32 Å². The third-order valence-corrected chi connectivity index (χ3v) is 10.4. The molecule has 0 heterocycles. The summed E-state index contributed by atoms with van der Waals surface area (Å²) in [7, 11) is -3.80. The third kappa shape index (κ3) is 6.99. The molecule has 3 atom stereocenters. The van der Waals surface area contributed by atoms with Crippen molar-refractivity contribution >= 4 is 15.7 Å². The van der Waals surface area contributed by atoms with Gasteiger partial charge >= 0.3 is 0 Å². The van der Waals surface area contributed by atoms with Crippen molar-refractivity contribution in [1.82, 2.24) is 10.6 Å². The van der Waals surface area contributed by atoms with Gasteiger partial charge in [0.25, 0.3) is 0 Å². The number of nitrogens with zero attached hydrogens (tertiary/aromatic N) is 1. The Hall–Kier alpha value is -3.47. The Morgan fingerprint density at radius 1 is 0.875 bits per heavy atom. The van der Waals surface area contributed by atoms with E-state index >= 15 is 0 Å². The lowest BCUT2D eigenvalue weighted by Gasteiger charge is -2.30. The highest BCUT2D eigenvalue weighted by atomic mass is 32.2. The molecule has 1 amide bonds. The summed E-state index contributed by atoms with van der Waals surface area (Å²) in [5, 5.41) is 16.1. The first-order valence-corrected chi connectivity index (χ1v) is 15.6. The smallest absolute Gasteiger partial charge is 0.237 e. The van der Waals surface area contributed by atoms with Crippen molar-refractivity contribution in [3.63, 3.8) is 0 Å². The van der Waals surface area contributed by atoms with Gasteiger partial charge in [0.2, 0.25) is 5.91 Å². The first kappa shape index (κ1) is 31.1. The van der Waals surface area contributed by atoms with E-state index in [-0.39, 0.29) is 30.8 Å². The van der Waals surface area contributed by atoms with Crippen LogP contribution in [0, 0.1) is 17.2 Å². The zero-order valence-corrected chi connectivity index (χ0v) is 24.7. The van der Waals surface area contributed by atoms with Crippen LogP contribution in [0.4, 0.5) is 0 Å². The van der Waals surface area contributed by atoms with Crippen LogP contribution < -0.4 is 10.6 Å². The summed E-state index contributed by atoms with van der Waals surface area (Å²) in [5.41, 5.74) is 2.59. The standard InChI is InChI=1S/C33H41N3O3S/c1-5-26(4)30(36-31(27-16-9-6-10-17-27)28-18-11-7-12-19-28)32(37)35-23-15-22-33(24-34,40(38,39)25(2)3)29-20-13-8-14-21-29/h6-14,16-21,25-26,30-31,36H,5,15,22-23H2,1-4H3,(H,35,37)/t26-,30-,33+/m0/s1. The van der Waals surface area contributed by atoms with Crippen molar-refractivity contribution in [1.29, 1.82) is 5.26 Å². The predicted octanol–water partition coefficient (Wildman–Crippen LogP) is 5.92. The average molecular weight is 560 g/mol. The highest BCUT2D eigenvalue weighted by Gasteiger charge is 2.47. The summed E-state index contributed by atoms with van der Waals surface area (Å²) in [6.07, 6.45) is 1.24. The zero-order valence-electron chi connectivity index (χ0n) is 23.9. The van der Waals surface area contributed by atoms with Crippen molar-refractivity contribution in [3.05, 3.63) is 108 Å². The van der Waals surface area contributed by atoms with E-state index in [0.717, 1.165) is 17.5 Å². The van der Waals surface area contributed by atoms with E-state index in [9.17, 15) is 18.5 Å². The van der Waals surface area contributed by atoms with Crippen LogP contribution in [0.5, 0.6) is 0 Å². The number of amides is 1. The van der Waals surface area contributed by atoms with Gasteiger partial charge in [-0.1, -0.05) is 111 Å². The molecule has 3 aromatic rings. The number of benzene rings is 3. The molecule has 0 aliphatic heterocycles. The van der Waals surface area contributed by atoms with Gasteiger partial charge in [-0.25, -0.2) is 8.42 Å². The summed E-state index contributed by atoms with van der Waals surface area (Å²) in [6, 6.07) is 30.3. The number of nitrogens with one attached hydrogen (secondary N) is 2. The lowest BCUT2D eigenvalue weighted by molar-refractivity contribution is -0.124. The predicted molar refractivity (Wildman–Crippen MR) is 161 cm³/mol. The molecular weight excluding hydrogens is 518 g/mol. The van der Waals surface area contributed by atoms with E-state index in [1.807, 2.05) is 36.4 Å². The van der Waals surface area contributed by atoms with Crippen molar-refractivity contribution in [2.45, 2.75) is 69.0 Å². The molecule has 0 saturated carbocycles. The van der Waals surface area contributed by atoms with E-state index in [1.54, 1.807) is 44.2 Å². The van der Waals surface area contributed by atoms with Crippen LogP contribution >= 0.6 is 0 Å². The molecule has 0 bridgehead atoms. The van der Waals surface area contributed by atoms with Crippen LogP contribution in [0.2, 0.25) is 0 Å². The first-order valence-electron chi connectivity index (χ1n) is 14.0. The summed E-state index contributed by atoms with van der Waals surface area (Å²) >= 11 is 0. The normalized spacial score (nSPS) is 14.7. The number of carbonyl (C=O) groups excluding carboxylic acids is 1. The summed E-state index contributed by atoms with van der Waals surface area (Å²) in [4.78, 5) is 13.6. The monoisotopic (exact) mass is 559 g/mol. The second kappa shape index (κ2) is 14.2. The molecule has 2 N–H and O–H groups in total. The maximum atomic E-state index is 13.6. The second-order valence-electron chi connectivity index (χ2n) is 10.6. The molecular formula is C33H41N3O3S. The maximum absolute atomic E-state index is 13.6. The quantitative estimate of drug-likeness (QED) is 0.239. The molecule has 0 spiro atoms. The van der Waals surface area contributed by atoms with Gasteiger partial charge in [0, 0.05) is 6.54 Å². The lowest BCUT2D eigenvalue weighted by Crippen LogP contribution is -2.49. The van der Waals surface area contributed by atoms with E-state index in [2.05, 4.69) is 54.8 Å². The van der Waals surface area contributed by atoms with Gasteiger partial charge in [0.05, 0.1) is 23.4 Å². The van der Waals surface area contributed by atoms with E-state index < -0.39 is 25.9 Å². The largest absolute Gasteiger partial charge is 0.355 e. The SMILES string of the molecule is CC[C@H](C)[C@H](NC(c1ccccc1)c1ccccc1)C(=O)NCCC[C@@](C#N)(c1ccccc1)S(=O)(=O)C(C)C. The first-order chi connectivity index (χ1) is 19.2. The van der Waals surface area contributed by atoms with Crippen molar-refractivity contribution in [2.24, 2.45) is 5.92 Å². The number of sulfone groups is 1. The van der Waals surface area contributed by atoms with Crippen LogP contribution in [0.25, 0.3) is 0 Å². The summed E-state index contributed by atoms with van der Waals surface area (Å²) in [5.74, 6) is -0.0843. The van der Waals surface area contributed by atoms with Crippen molar-refractivity contribution < 1.29 is 13.2 Å². The highest BCUT2D eigenvalue weighted by molar-refractivity contribution is 7.93. The average Bonchev–Trinajstić information content (AvgIpc) is 2.98.